The Hall–Kier alpha value is -1.12. The van der Waals surface area contributed by atoms with Crippen LogP contribution in [0.15, 0.2) is 30.3 Å². The first-order chi connectivity index (χ1) is 10.8. The van der Waals surface area contributed by atoms with Gasteiger partial charge in [-0.1, -0.05) is 49.6 Å². The van der Waals surface area contributed by atoms with E-state index in [0.29, 0.717) is 0 Å². The molecule has 1 saturated carbocycles. The number of benzene rings is 1. The predicted molar refractivity (Wildman–Crippen MR) is 92.6 cm³/mol. The van der Waals surface area contributed by atoms with Crippen LogP contribution in [0.2, 0.25) is 0 Å². The van der Waals surface area contributed by atoms with Gasteiger partial charge in [0, 0.05) is 13.1 Å². The molecule has 3 rings (SSSR count). The van der Waals surface area contributed by atoms with Crippen LogP contribution in [-0.2, 0) is 6.54 Å². The van der Waals surface area contributed by atoms with Gasteiger partial charge in [0.05, 0.1) is 5.60 Å². The first kappa shape index (κ1) is 15.8. The largest absolute Gasteiger partial charge is 0.389 e. The van der Waals surface area contributed by atoms with Crippen molar-refractivity contribution >= 4 is 5.57 Å². The van der Waals surface area contributed by atoms with Crippen molar-refractivity contribution in [3.05, 3.63) is 41.5 Å². The van der Waals surface area contributed by atoms with Crippen LogP contribution in [0.3, 0.4) is 0 Å². The summed E-state index contributed by atoms with van der Waals surface area (Å²) in [5.41, 5.74) is 3.74. The second-order valence-corrected chi connectivity index (χ2v) is 7.06. The molecule has 0 aliphatic heterocycles. The topological polar surface area (TPSA) is 32.3 Å². The SMILES string of the molecule is OC1(CNCc2ccc(C3=CCCCC3)cc2)CCCCC1. The molecule has 1 aromatic rings. The molecule has 0 unspecified atom stereocenters. The molecule has 0 radical (unpaired) electrons. The number of aliphatic hydroxyl groups is 1. The first-order valence-electron chi connectivity index (χ1n) is 8.97. The smallest absolute Gasteiger partial charge is 0.0771 e. The third kappa shape index (κ3) is 4.21. The van der Waals surface area contributed by atoms with E-state index in [1.54, 1.807) is 0 Å². The number of rotatable bonds is 5. The Balaban J connectivity index is 1.49. The van der Waals surface area contributed by atoms with Gasteiger partial charge < -0.3 is 10.4 Å². The van der Waals surface area contributed by atoms with E-state index in [-0.39, 0.29) is 0 Å². The summed E-state index contributed by atoms with van der Waals surface area (Å²) in [5, 5.41) is 13.9. The van der Waals surface area contributed by atoms with Gasteiger partial charge in [0.2, 0.25) is 0 Å². The van der Waals surface area contributed by atoms with Crippen LogP contribution < -0.4 is 5.32 Å². The van der Waals surface area contributed by atoms with E-state index in [0.717, 1.165) is 25.9 Å². The van der Waals surface area contributed by atoms with Crippen LogP contribution in [0.25, 0.3) is 5.57 Å². The minimum atomic E-state index is -0.467. The van der Waals surface area contributed by atoms with Gasteiger partial charge in [-0.25, -0.2) is 0 Å². The van der Waals surface area contributed by atoms with Crippen molar-refractivity contribution in [2.45, 2.75) is 69.9 Å². The Morgan fingerprint density at radius 1 is 0.955 bits per heavy atom. The average molecular weight is 299 g/mol. The summed E-state index contributed by atoms with van der Waals surface area (Å²) in [7, 11) is 0. The second kappa shape index (κ2) is 7.43. The van der Waals surface area contributed by atoms with Gasteiger partial charge in [0.25, 0.3) is 0 Å². The summed E-state index contributed by atoms with van der Waals surface area (Å²) >= 11 is 0. The molecular formula is C20H29NO. The van der Waals surface area contributed by atoms with Crippen molar-refractivity contribution in [1.29, 1.82) is 0 Å². The number of hydrogen-bond donors (Lipinski definition) is 2. The molecule has 1 fully saturated rings. The lowest BCUT2D eigenvalue weighted by molar-refractivity contribution is 0.00467. The van der Waals surface area contributed by atoms with E-state index in [4.69, 9.17) is 0 Å². The molecule has 2 heteroatoms. The van der Waals surface area contributed by atoms with Crippen LogP contribution in [0.1, 0.15) is 68.9 Å². The zero-order chi connectivity index (χ0) is 15.3. The van der Waals surface area contributed by atoms with Gasteiger partial charge in [-0.05, 0) is 55.2 Å². The molecule has 0 aromatic heterocycles. The highest BCUT2D eigenvalue weighted by molar-refractivity contribution is 5.66. The summed E-state index contributed by atoms with van der Waals surface area (Å²) in [6.45, 7) is 1.57. The van der Waals surface area contributed by atoms with Gasteiger partial charge in [-0.15, -0.1) is 0 Å². The molecule has 1 aromatic carbocycles. The molecule has 2 nitrogen and oxygen atoms in total. The highest BCUT2D eigenvalue weighted by atomic mass is 16.3. The van der Waals surface area contributed by atoms with E-state index < -0.39 is 5.60 Å². The number of hydrogen-bond acceptors (Lipinski definition) is 2. The average Bonchev–Trinajstić information content (AvgIpc) is 2.57. The molecule has 120 valence electrons. The molecule has 0 atom stereocenters. The van der Waals surface area contributed by atoms with Gasteiger partial charge in [-0.3, -0.25) is 0 Å². The van der Waals surface area contributed by atoms with Crippen molar-refractivity contribution in [3.8, 4) is 0 Å². The Bertz CT molecular complexity index is 497. The van der Waals surface area contributed by atoms with Crippen LogP contribution in [-0.4, -0.2) is 17.3 Å². The normalized spacial score (nSPS) is 21.4. The van der Waals surface area contributed by atoms with Gasteiger partial charge in [0.1, 0.15) is 0 Å². The summed E-state index contributed by atoms with van der Waals surface area (Å²) in [6.07, 6.45) is 13.0. The summed E-state index contributed by atoms with van der Waals surface area (Å²) in [4.78, 5) is 0. The zero-order valence-corrected chi connectivity index (χ0v) is 13.6. The van der Waals surface area contributed by atoms with Crippen molar-refractivity contribution in [3.63, 3.8) is 0 Å². The minimum Gasteiger partial charge on any atom is -0.389 e. The highest BCUT2D eigenvalue weighted by Gasteiger charge is 2.28. The van der Waals surface area contributed by atoms with Crippen LogP contribution in [0, 0.1) is 0 Å². The summed E-state index contributed by atoms with van der Waals surface area (Å²) < 4.78 is 0. The molecule has 2 N–H and O–H groups in total. The lowest BCUT2D eigenvalue weighted by Gasteiger charge is -2.32. The van der Waals surface area contributed by atoms with E-state index in [1.165, 1.54) is 61.6 Å². The molecule has 2 aliphatic rings. The fraction of sp³-hybridized carbons (Fsp3) is 0.600. The van der Waals surface area contributed by atoms with Gasteiger partial charge >= 0.3 is 0 Å². The molecule has 2 aliphatic carbocycles. The Morgan fingerprint density at radius 3 is 2.41 bits per heavy atom. The van der Waals surface area contributed by atoms with Gasteiger partial charge in [-0.2, -0.15) is 0 Å². The van der Waals surface area contributed by atoms with E-state index in [1.807, 2.05) is 0 Å². The molecule has 0 spiro atoms. The second-order valence-electron chi connectivity index (χ2n) is 7.06. The fourth-order valence-corrected chi connectivity index (χ4v) is 3.76. The Morgan fingerprint density at radius 2 is 1.73 bits per heavy atom. The Kier molecular flexibility index (Phi) is 5.32. The zero-order valence-electron chi connectivity index (χ0n) is 13.6. The molecule has 0 heterocycles. The minimum absolute atomic E-state index is 0.467. The predicted octanol–water partition coefficient (Wildman–Crippen LogP) is 4.43. The molecule has 22 heavy (non-hydrogen) atoms. The third-order valence-corrected chi connectivity index (χ3v) is 5.18. The van der Waals surface area contributed by atoms with E-state index in [9.17, 15) is 5.11 Å². The van der Waals surface area contributed by atoms with Crippen LogP contribution in [0.5, 0.6) is 0 Å². The summed E-state index contributed by atoms with van der Waals surface area (Å²) in [6, 6.07) is 8.96. The lowest BCUT2D eigenvalue weighted by Crippen LogP contribution is -2.41. The molecule has 0 saturated heterocycles. The highest BCUT2D eigenvalue weighted by Crippen LogP contribution is 2.28. The van der Waals surface area contributed by atoms with Crippen molar-refractivity contribution in [2.75, 3.05) is 6.54 Å². The van der Waals surface area contributed by atoms with Gasteiger partial charge in [0.15, 0.2) is 0 Å². The van der Waals surface area contributed by atoms with Crippen molar-refractivity contribution in [1.82, 2.24) is 5.32 Å². The van der Waals surface area contributed by atoms with Crippen LogP contribution >= 0.6 is 0 Å². The fourth-order valence-electron chi connectivity index (χ4n) is 3.76. The molecule has 0 bridgehead atoms. The molecular weight excluding hydrogens is 270 g/mol. The van der Waals surface area contributed by atoms with Crippen LogP contribution in [0.4, 0.5) is 0 Å². The quantitative estimate of drug-likeness (QED) is 0.843. The monoisotopic (exact) mass is 299 g/mol. The lowest BCUT2D eigenvalue weighted by atomic mass is 9.85. The maximum Gasteiger partial charge on any atom is 0.0771 e. The third-order valence-electron chi connectivity index (χ3n) is 5.18. The number of nitrogens with one attached hydrogen (secondary N) is 1. The first-order valence-corrected chi connectivity index (χ1v) is 8.97. The maximum absolute atomic E-state index is 10.5. The van der Waals surface area contributed by atoms with Crippen molar-refractivity contribution in [2.24, 2.45) is 0 Å². The number of allylic oxidation sites excluding steroid dienone is 2. The standard InChI is InChI=1S/C20H29NO/c22-20(13-5-2-6-14-20)16-21-15-17-9-11-19(12-10-17)18-7-3-1-4-8-18/h7,9-12,21-22H,1-6,8,13-16H2. The molecule has 0 amide bonds. The van der Waals surface area contributed by atoms with E-state index >= 15 is 0 Å². The Labute approximate surface area is 134 Å². The van der Waals surface area contributed by atoms with Crippen molar-refractivity contribution < 1.29 is 5.11 Å². The summed E-state index contributed by atoms with van der Waals surface area (Å²) in [5.74, 6) is 0. The maximum atomic E-state index is 10.5. The van der Waals surface area contributed by atoms with E-state index in [2.05, 4.69) is 35.7 Å².